The molecular formula is C22H23ClN4O4. The van der Waals surface area contributed by atoms with Crippen LogP contribution in [-0.4, -0.2) is 39.4 Å². The average molecular weight is 443 g/mol. The largest absolute Gasteiger partial charge is 0.487 e. The standard InChI is InChI=1S/C22H23ClN4O4/c1-3-29-22(28)16(2)31-25-21(17-7-5-4-6-8-17)14-27-13-19(24-26-27)15-30-20-11-9-18(23)10-12-20/h4-13,16H,3,14-15H2,1-2H3/b25-21+. The van der Waals surface area contributed by atoms with Crippen molar-refractivity contribution in [3.63, 3.8) is 0 Å². The van der Waals surface area contributed by atoms with Crippen molar-refractivity contribution in [2.45, 2.75) is 33.1 Å². The molecule has 0 fully saturated rings. The summed E-state index contributed by atoms with van der Waals surface area (Å²) in [4.78, 5) is 17.2. The van der Waals surface area contributed by atoms with Crippen LogP contribution < -0.4 is 4.74 Å². The molecule has 0 bridgehead atoms. The molecule has 0 saturated heterocycles. The van der Waals surface area contributed by atoms with Gasteiger partial charge in [0, 0.05) is 10.6 Å². The van der Waals surface area contributed by atoms with Crippen molar-refractivity contribution in [1.29, 1.82) is 0 Å². The van der Waals surface area contributed by atoms with Crippen LogP contribution in [0.2, 0.25) is 5.02 Å². The van der Waals surface area contributed by atoms with Crippen LogP contribution in [0.25, 0.3) is 0 Å². The van der Waals surface area contributed by atoms with Crippen LogP contribution in [0.1, 0.15) is 25.1 Å². The highest BCUT2D eigenvalue weighted by Crippen LogP contribution is 2.16. The highest BCUT2D eigenvalue weighted by molar-refractivity contribution is 6.30. The van der Waals surface area contributed by atoms with Crippen molar-refractivity contribution in [3.8, 4) is 5.75 Å². The summed E-state index contributed by atoms with van der Waals surface area (Å²) in [6.07, 6.45) is 0.945. The van der Waals surface area contributed by atoms with E-state index in [0.29, 0.717) is 28.7 Å². The molecule has 31 heavy (non-hydrogen) atoms. The van der Waals surface area contributed by atoms with E-state index in [-0.39, 0.29) is 13.2 Å². The van der Waals surface area contributed by atoms with Crippen LogP contribution in [0.3, 0.4) is 0 Å². The van der Waals surface area contributed by atoms with Gasteiger partial charge in [0.15, 0.2) is 0 Å². The van der Waals surface area contributed by atoms with E-state index in [1.165, 1.54) is 0 Å². The van der Waals surface area contributed by atoms with Crippen LogP contribution in [0.5, 0.6) is 5.75 Å². The summed E-state index contributed by atoms with van der Waals surface area (Å²) >= 11 is 5.88. The van der Waals surface area contributed by atoms with Crippen LogP contribution >= 0.6 is 11.6 Å². The van der Waals surface area contributed by atoms with Gasteiger partial charge in [0.25, 0.3) is 0 Å². The molecule has 0 saturated carbocycles. The molecule has 1 atom stereocenters. The summed E-state index contributed by atoms with van der Waals surface area (Å²) in [5.41, 5.74) is 2.09. The number of ether oxygens (including phenoxy) is 2. The first-order chi connectivity index (χ1) is 15.0. The van der Waals surface area contributed by atoms with Crippen molar-refractivity contribution < 1.29 is 19.1 Å². The Kier molecular flexibility index (Phi) is 8.00. The highest BCUT2D eigenvalue weighted by atomic mass is 35.5. The molecular weight excluding hydrogens is 420 g/mol. The molecule has 0 radical (unpaired) electrons. The van der Waals surface area contributed by atoms with E-state index in [0.717, 1.165) is 5.56 Å². The molecule has 0 aliphatic rings. The molecule has 2 aromatic carbocycles. The van der Waals surface area contributed by atoms with Gasteiger partial charge in [-0.1, -0.05) is 52.3 Å². The lowest BCUT2D eigenvalue weighted by atomic mass is 10.1. The van der Waals surface area contributed by atoms with E-state index in [2.05, 4.69) is 15.5 Å². The summed E-state index contributed by atoms with van der Waals surface area (Å²) in [5.74, 6) is 0.216. The predicted molar refractivity (Wildman–Crippen MR) is 116 cm³/mol. The molecule has 1 heterocycles. The van der Waals surface area contributed by atoms with Crippen molar-refractivity contribution in [3.05, 3.63) is 77.1 Å². The molecule has 0 spiro atoms. The average Bonchev–Trinajstić information content (AvgIpc) is 3.24. The maximum absolute atomic E-state index is 11.8. The normalized spacial score (nSPS) is 12.3. The Morgan fingerprint density at radius 1 is 1.16 bits per heavy atom. The zero-order chi connectivity index (χ0) is 22.1. The van der Waals surface area contributed by atoms with Crippen molar-refractivity contribution in [1.82, 2.24) is 15.0 Å². The van der Waals surface area contributed by atoms with Crippen LogP contribution in [0.15, 0.2) is 65.9 Å². The molecule has 3 aromatic rings. The van der Waals surface area contributed by atoms with E-state index in [4.69, 9.17) is 25.9 Å². The smallest absolute Gasteiger partial charge is 0.349 e. The van der Waals surface area contributed by atoms with Crippen LogP contribution in [-0.2, 0) is 27.5 Å². The molecule has 0 N–H and O–H groups in total. The van der Waals surface area contributed by atoms with Gasteiger partial charge >= 0.3 is 5.97 Å². The molecule has 3 rings (SSSR count). The number of oxime groups is 1. The summed E-state index contributed by atoms with van der Waals surface area (Å²) < 4.78 is 12.3. The molecule has 162 valence electrons. The third-order valence-electron chi connectivity index (χ3n) is 4.14. The van der Waals surface area contributed by atoms with Crippen molar-refractivity contribution in [2.75, 3.05) is 6.61 Å². The van der Waals surface area contributed by atoms with E-state index in [1.807, 2.05) is 30.3 Å². The molecule has 1 aromatic heterocycles. The molecule has 8 nitrogen and oxygen atoms in total. The number of rotatable bonds is 10. The third kappa shape index (κ3) is 6.82. The Morgan fingerprint density at radius 2 is 1.90 bits per heavy atom. The molecule has 1 unspecified atom stereocenters. The van der Waals surface area contributed by atoms with Gasteiger partial charge in [-0.2, -0.15) is 0 Å². The quantitative estimate of drug-likeness (QED) is 0.269. The van der Waals surface area contributed by atoms with Gasteiger partial charge in [0.2, 0.25) is 6.10 Å². The van der Waals surface area contributed by atoms with E-state index in [1.54, 1.807) is 49.0 Å². The van der Waals surface area contributed by atoms with Crippen molar-refractivity contribution >= 4 is 23.3 Å². The van der Waals surface area contributed by atoms with Crippen LogP contribution in [0, 0.1) is 0 Å². The van der Waals surface area contributed by atoms with E-state index >= 15 is 0 Å². The van der Waals surface area contributed by atoms with E-state index in [9.17, 15) is 4.79 Å². The first-order valence-electron chi connectivity index (χ1n) is 9.77. The number of carbonyl (C=O) groups excluding carboxylic acids is 1. The van der Waals surface area contributed by atoms with E-state index < -0.39 is 12.1 Å². The van der Waals surface area contributed by atoms with Gasteiger partial charge in [-0.15, -0.1) is 5.10 Å². The summed E-state index contributed by atoms with van der Waals surface area (Å²) in [6, 6.07) is 16.6. The first kappa shape index (κ1) is 22.3. The summed E-state index contributed by atoms with van der Waals surface area (Å²) in [6.45, 7) is 4.17. The minimum atomic E-state index is -0.822. The Labute approximate surface area is 185 Å². The number of nitrogens with zero attached hydrogens (tertiary/aromatic N) is 4. The fourth-order valence-electron chi connectivity index (χ4n) is 2.57. The Bertz CT molecular complexity index is 1010. The number of esters is 1. The molecule has 0 aliphatic heterocycles. The zero-order valence-corrected chi connectivity index (χ0v) is 18.0. The van der Waals surface area contributed by atoms with Gasteiger partial charge < -0.3 is 14.3 Å². The van der Waals surface area contributed by atoms with Gasteiger partial charge in [0.1, 0.15) is 23.8 Å². The Morgan fingerprint density at radius 3 is 2.61 bits per heavy atom. The lowest BCUT2D eigenvalue weighted by Crippen LogP contribution is -2.23. The highest BCUT2D eigenvalue weighted by Gasteiger charge is 2.16. The summed E-state index contributed by atoms with van der Waals surface area (Å²) in [5, 5.41) is 13.1. The lowest BCUT2D eigenvalue weighted by molar-refractivity contribution is -0.155. The third-order valence-corrected chi connectivity index (χ3v) is 4.40. The Balaban J connectivity index is 1.67. The van der Waals surface area contributed by atoms with Gasteiger partial charge in [-0.25, -0.2) is 9.48 Å². The minimum Gasteiger partial charge on any atom is -0.487 e. The second-order valence-electron chi connectivity index (χ2n) is 6.55. The Hall–Kier alpha value is -3.39. The SMILES string of the molecule is CCOC(=O)C(C)O/N=C(\Cn1cc(COc2ccc(Cl)cc2)nn1)c1ccccc1. The molecule has 0 amide bonds. The summed E-state index contributed by atoms with van der Waals surface area (Å²) in [7, 11) is 0. The van der Waals surface area contributed by atoms with Gasteiger partial charge in [-0.05, 0) is 38.1 Å². The first-order valence-corrected chi connectivity index (χ1v) is 10.1. The number of benzene rings is 2. The zero-order valence-electron chi connectivity index (χ0n) is 17.3. The number of halogens is 1. The van der Waals surface area contributed by atoms with Gasteiger partial charge in [-0.3, -0.25) is 0 Å². The number of aromatic nitrogens is 3. The second-order valence-corrected chi connectivity index (χ2v) is 6.99. The topological polar surface area (TPSA) is 87.8 Å². The molecule has 9 heteroatoms. The maximum atomic E-state index is 11.8. The fourth-order valence-corrected chi connectivity index (χ4v) is 2.70. The minimum absolute atomic E-state index is 0.260. The van der Waals surface area contributed by atoms with Crippen molar-refractivity contribution in [2.24, 2.45) is 5.16 Å². The maximum Gasteiger partial charge on any atom is 0.349 e. The monoisotopic (exact) mass is 442 g/mol. The lowest BCUT2D eigenvalue weighted by Gasteiger charge is -2.11. The van der Waals surface area contributed by atoms with Crippen LogP contribution in [0.4, 0.5) is 0 Å². The number of hydrogen-bond acceptors (Lipinski definition) is 7. The fraction of sp³-hybridized carbons (Fsp3) is 0.273. The number of carbonyl (C=O) groups is 1. The second kappa shape index (κ2) is 11.1. The predicted octanol–water partition coefficient (Wildman–Crippen LogP) is 3.88. The number of hydrogen-bond donors (Lipinski definition) is 0. The molecule has 0 aliphatic carbocycles. The van der Waals surface area contributed by atoms with Gasteiger partial charge in [0.05, 0.1) is 19.3 Å².